The van der Waals surface area contributed by atoms with Gasteiger partial charge in [-0.25, -0.2) is 9.59 Å². The van der Waals surface area contributed by atoms with Crippen molar-refractivity contribution in [1.29, 1.82) is 0 Å². The predicted molar refractivity (Wildman–Crippen MR) is 64.0 cm³/mol. The number of aromatic carboxylic acids is 1. The van der Waals surface area contributed by atoms with Crippen LogP contribution in [-0.4, -0.2) is 28.8 Å². The number of hydrogen-bond donors (Lipinski definition) is 2. The van der Waals surface area contributed by atoms with E-state index in [9.17, 15) is 9.59 Å². The quantitative estimate of drug-likeness (QED) is 0.861. The number of carboxylic acid groups (broad SMARTS) is 2. The van der Waals surface area contributed by atoms with Gasteiger partial charge in [0.25, 0.3) is 0 Å². The van der Waals surface area contributed by atoms with Gasteiger partial charge in [-0.2, -0.15) is 0 Å². The van der Waals surface area contributed by atoms with Crippen molar-refractivity contribution in [3.8, 4) is 5.75 Å². The normalized spacial score (nSPS) is 10.2. The number of carbonyl (C=O) groups is 2. The monoisotopic (exact) mass is 246 g/mol. The highest BCUT2D eigenvalue weighted by Gasteiger charge is 2.13. The average molecular weight is 246 g/mol. The van der Waals surface area contributed by atoms with Crippen molar-refractivity contribution in [2.45, 2.75) is 0 Å². The molecule has 5 nitrogen and oxygen atoms in total. The van der Waals surface area contributed by atoms with E-state index >= 15 is 0 Å². The summed E-state index contributed by atoms with van der Waals surface area (Å²) in [5.41, 5.74) is -0.0463. The lowest BCUT2D eigenvalue weighted by atomic mass is 10.1. The maximum Gasteiger partial charge on any atom is 0.341 e. The van der Waals surface area contributed by atoms with Gasteiger partial charge in [-0.15, -0.1) is 0 Å². The lowest BCUT2D eigenvalue weighted by Gasteiger charge is -2.08. The molecule has 0 atom stereocenters. The highest BCUT2D eigenvalue weighted by Crippen LogP contribution is 2.26. The molecule has 0 saturated carbocycles. The second-order valence-electron chi connectivity index (χ2n) is 3.68. The van der Waals surface area contributed by atoms with E-state index in [0.29, 0.717) is 0 Å². The second-order valence-corrected chi connectivity index (χ2v) is 3.68. The number of hydrogen-bond acceptors (Lipinski definition) is 3. The van der Waals surface area contributed by atoms with Crippen molar-refractivity contribution in [1.82, 2.24) is 0 Å². The number of ether oxygens (including phenoxy) is 1. The second kappa shape index (κ2) is 4.75. The van der Waals surface area contributed by atoms with Crippen LogP contribution in [0.2, 0.25) is 0 Å². The highest BCUT2D eigenvalue weighted by atomic mass is 16.5. The zero-order valence-corrected chi connectivity index (χ0v) is 9.29. The van der Waals surface area contributed by atoms with Crippen molar-refractivity contribution in [2.75, 3.05) is 6.61 Å². The van der Waals surface area contributed by atoms with Crippen molar-refractivity contribution in [3.63, 3.8) is 0 Å². The third-order valence-electron chi connectivity index (χ3n) is 2.43. The molecule has 0 fully saturated rings. The van der Waals surface area contributed by atoms with Gasteiger partial charge in [-0.05, 0) is 22.9 Å². The fourth-order valence-corrected chi connectivity index (χ4v) is 1.65. The summed E-state index contributed by atoms with van der Waals surface area (Å²) in [5, 5.41) is 19.2. The topological polar surface area (TPSA) is 83.8 Å². The zero-order chi connectivity index (χ0) is 13.1. The van der Waals surface area contributed by atoms with Crippen LogP contribution in [0.15, 0.2) is 36.4 Å². The van der Waals surface area contributed by atoms with Gasteiger partial charge in [0, 0.05) is 0 Å². The molecule has 0 unspecified atom stereocenters. The Hall–Kier alpha value is -2.56. The summed E-state index contributed by atoms with van der Waals surface area (Å²) in [6.07, 6.45) is 0. The Kier molecular flexibility index (Phi) is 3.14. The van der Waals surface area contributed by atoms with E-state index in [1.165, 1.54) is 12.1 Å². The standard InChI is InChI=1S/C13H10O5/c14-12(15)7-18-11-6-9-4-2-1-3-8(9)5-10(11)13(16)17/h1-6H,7H2,(H,14,15)(H,16,17). The molecule has 0 bridgehead atoms. The molecule has 2 N–H and O–H groups in total. The Morgan fingerprint density at radius 2 is 1.67 bits per heavy atom. The minimum Gasteiger partial charge on any atom is -0.481 e. The van der Waals surface area contributed by atoms with E-state index in [-0.39, 0.29) is 11.3 Å². The van der Waals surface area contributed by atoms with Crippen LogP contribution in [0.25, 0.3) is 10.8 Å². The van der Waals surface area contributed by atoms with Gasteiger partial charge in [0.1, 0.15) is 11.3 Å². The SMILES string of the molecule is O=C(O)COc1cc2ccccc2cc1C(=O)O. The Morgan fingerprint density at radius 3 is 2.22 bits per heavy atom. The summed E-state index contributed by atoms with van der Waals surface area (Å²) in [6.45, 7) is -0.571. The largest absolute Gasteiger partial charge is 0.481 e. The molecular weight excluding hydrogens is 236 g/mol. The van der Waals surface area contributed by atoms with Gasteiger partial charge in [-0.3, -0.25) is 0 Å². The van der Waals surface area contributed by atoms with E-state index in [1.54, 1.807) is 18.2 Å². The molecule has 0 heterocycles. The van der Waals surface area contributed by atoms with Crippen LogP contribution >= 0.6 is 0 Å². The lowest BCUT2D eigenvalue weighted by Crippen LogP contribution is -2.12. The molecule has 0 aliphatic carbocycles. The average Bonchev–Trinajstić information content (AvgIpc) is 2.35. The molecule has 0 aromatic heterocycles. The number of aliphatic carboxylic acids is 1. The Labute approximate surface area is 102 Å². The van der Waals surface area contributed by atoms with Crippen LogP contribution in [0, 0.1) is 0 Å². The van der Waals surface area contributed by atoms with E-state index in [0.717, 1.165) is 10.8 Å². The number of carboxylic acids is 2. The molecule has 0 saturated heterocycles. The number of rotatable bonds is 4. The molecule has 0 amide bonds. The molecule has 0 spiro atoms. The van der Waals surface area contributed by atoms with Crippen LogP contribution in [0.3, 0.4) is 0 Å². The summed E-state index contributed by atoms with van der Waals surface area (Å²) in [5.74, 6) is -2.25. The molecule has 2 aromatic carbocycles. The van der Waals surface area contributed by atoms with E-state index in [1.807, 2.05) is 6.07 Å². The first-order valence-electron chi connectivity index (χ1n) is 5.18. The van der Waals surface area contributed by atoms with E-state index < -0.39 is 18.5 Å². The summed E-state index contributed by atoms with van der Waals surface area (Å²) in [7, 11) is 0. The maximum absolute atomic E-state index is 11.1. The first-order valence-corrected chi connectivity index (χ1v) is 5.18. The first kappa shape index (κ1) is 11.9. The Balaban J connectivity index is 2.50. The molecule has 0 aliphatic rings. The Bertz CT molecular complexity index is 618. The Morgan fingerprint density at radius 1 is 1.06 bits per heavy atom. The third-order valence-corrected chi connectivity index (χ3v) is 2.43. The zero-order valence-electron chi connectivity index (χ0n) is 9.29. The summed E-state index contributed by atoms with van der Waals surface area (Å²) >= 11 is 0. The van der Waals surface area contributed by atoms with Crippen molar-refractivity contribution in [3.05, 3.63) is 42.0 Å². The van der Waals surface area contributed by atoms with Gasteiger partial charge in [-0.1, -0.05) is 24.3 Å². The summed E-state index contributed by atoms with van der Waals surface area (Å²) < 4.78 is 4.99. The van der Waals surface area contributed by atoms with Crippen molar-refractivity contribution < 1.29 is 24.5 Å². The number of benzene rings is 2. The summed E-state index contributed by atoms with van der Waals surface area (Å²) in [4.78, 5) is 21.5. The van der Waals surface area contributed by atoms with Gasteiger partial charge >= 0.3 is 11.9 Å². The maximum atomic E-state index is 11.1. The third kappa shape index (κ3) is 2.40. The fraction of sp³-hybridized carbons (Fsp3) is 0.0769. The minimum absolute atomic E-state index is 0.0463. The fourth-order valence-electron chi connectivity index (χ4n) is 1.65. The highest BCUT2D eigenvalue weighted by molar-refractivity contribution is 5.97. The minimum atomic E-state index is -1.15. The predicted octanol–water partition coefficient (Wildman–Crippen LogP) is 2.00. The number of fused-ring (bicyclic) bond motifs is 1. The van der Waals surface area contributed by atoms with E-state index in [4.69, 9.17) is 14.9 Å². The van der Waals surface area contributed by atoms with Crippen molar-refractivity contribution >= 4 is 22.7 Å². The smallest absolute Gasteiger partial charge is 0.341 e. The molecule has 0 radical (unpaired) electrons. The molecule has 2 rings (SSSR count). The van der Waals surface area contributed by atoms with Gasteiger partial charge in [0.15, 0.2) is 6.61 Å². The van der Waals surface area contributed by atoms with Gasteiger partial charge in [0.05, 0.1) is 0 Å². The van der Waals surface area contributed by atoms with Crippen LogP contribution in [0.5, 0.6) is 5.75 Å². The van der Waals surface area contributed by atoms with Crippen LogP contribution in [0.4, 0.5) is 0 Å². The lowest BCUT2D eigenvalue weighted by molar-refractivity contribution is -0.139. The molecular formula is C13H10O5. The molecule has 18 heavy (non-hydrogen) atoms. The van der Waals surface area contributed by atoms with Gasteiger partial charge < -0.3 is 14.9 Å². The molecule has 5 heteroatoms. The van der Waals surface area contributed by atoms with Crippen LogP contribution in [0.1, 0.15) is 10.4 Å². The van der Waals surface area contributed by atoms with Crippen LogP contribution < -0.4 is 4.74 Å². The molecule has 2 aromatic rings. The molecule has 92 valence electrons. The first-order chi connectivity index (χ1) is 8.58. The van der Waals surface area contributed by atoms with Crippen molar-refractivity contribution in [2.24, 2.45) is 0 Å². The summed E-state index contributed by atoms with van der Waals surface area (Å²) in [6, 6.07) is 10.2. The van der Waals surface area contributed by atoms with Crippen LogP contribution in [-0.2, 0) is 4.79 Å². The van der Waals surface area contributed by atoms with E-state index in [2.05, 4.69) is 0 Å². The molecule has 0 aliphatic heterocycles. The van der Waals surface area contributed by atoms with Gasteiger partial charge in [0.2, 0.25) is 0 Å².